The summed E-state index contributed by atoms with van der Waals surface area (Å²) in [4.78, 5) is 13.9. The van der Waals surface area contributed by atoms with Crippen molar-refractivity contribution >= 4 is 15.8 Å². The normalized spacial score (nSPS) is 10.6. The van der Waals surface area contributed by atoms with Gasteiger partial charge in [0.25, 0.3) is 4.52 Å². The molecule has 90 valence electrons. The number of hydrogen-bond acceptors (Lipinski definition) is 4. The first kappa shape index (κ1) is 13.2. The highest BCUT2D eigenvalue weighted by atomic mass is 32.2. The van der Waals surface area contributed by atoms with E-state index in [2.05, 4.69) is 9.43 Å². The van der Waals surface area contributed by atoms with Crippen LogP contribution in [-0.2, 0) is 10.0 Å². The molecule has 0 spiro atoms. The van der Waals surface area contributed by atoms with Crippen LogP contribution in [0.25, 0.3) is 0 Å². The molecule has 1 aromatic carbocycles. The predicted octanol–water partition coefficient (Wildman–Crippen LogP) is 1.91. The van der Waals surface area contributed by atoms with E-state index in [1.54, 1.807) is 0 Å². The van der Waals surface area contributed by atoms with E-state index in [0.717, 1.165) is 6.42 Å². The van der Waals surface area contributed by atoms with Crippen LogP contribution in [-0.4, -0.2) is 14.2 Å². The second kappa shape index (κ2) is 5.47. The molecule has 0 radical (unpaired) electrons. The second-order valence-electron chi connectivity index (χ2n) is 3.35. The molecule has 0 amide bonds. The first-order valence-electron chi connectivity index (χ1n) is 4.98. The van der Waals surface area contributed by atoms with Crippen LogP contribution >= 0.6 is 0 Å². The molecule has 0 atom stereocenters. The van der Waals surface area contributed by atoms with Crippen molar-refractivity contribution in [3.8, 4) is 0 Å². The summed E-state index contributed by atoms with van der Waals surface area (Å²) in [6.07, 6.45) is 1.17. The smallest absolute Gasteiger partial charge is 0.294 e. The Morgan fingerprint density at radius 2 is 1.94 bits per heavy atom. The summed E-state index contributed by atoms with van der Waals surface area (Å²) in [6.45, 7) is 1.89. The van der Waals surface area contributed by atoms with Crippen LogP contribution in [0, 0.1) is 5.53 Å². The van der Waals surface area contributed by atoms with Crippen LogP contribution in [0.1, 0.15) is 30.1 Å². The summed E-state index contributed by atoms with van der Waals surface area (Å²) in [6, 6.07) is 5.44. The molecule has 6 nitrogen and oxygen atoms in total. The largest absolute Gasteiger partial charge is 0.355 e. The van der Waals surface area contributed by atoms with Gasteiger partial charge in [-0.2, -0.15) is 8.42 Å². The summed E-state index contributed by atoms with van der Waals surface area (Å²) in [5.41, 5.74) is 6.86. The van der Waals surface area contributed by atoms with Gasteiger partial charge in [0.05, 0.1) is 4.90 Å². The number of nitrogens with zero attached hydrogens (tertiary/aromatic N) is 2. The lowest BCUT2D eigenvalue weighted by Gasteiger charge is -1.99. The number of hydrogen-bond donors (Lipinski definition) is 1. The minimum Gasteiger partial charge on any atom is -0.294 e. The van der Waals surface area contributed by atoms with Gasteiger partial charge in [0.2, 0.25) is 4.91 Å². The van der Waals surface area contributed by atoms with Crippen LogP contribution in [0.15, 0.2) is 33.7 Å². The van der Waals surface area contributed by atoms with Crippen molar-refractivity contribution < 1.29 is 13.2 Å². The molecule has 17 heavy (non-hydrogen) atoms. The first-order chi connectivity index (χ1) is 8.01. The molecule has 0 aliphatic rings. The second-order valence-corrected chi connectivity index (χ2v) is 4.94. The van der Waals surface area contributed by atoms with Gasteiger partial charge in [0.15, 0.2) is 5.78 Å². The topological polar surface area (TPSA) is 102 Å². The Kier molecular flexibility index (Phi) is 4.25. The minimum atomic E-state index is -3.91. The molecule has 0 unspecified atom stereocenters. The van der Waals surface area contributed by atoms with Crippen LogP contribution in [0.4, 0.5) is 0 Å². The Balaban J connectivity index is 3.04. The lowest BCUT2D eigenvalue weighted by molar-refractivity contribution is 0.0981. The first-order valence-corrected chi connectivity index (χ1v) is 6.42. The Bertz CT molecular complexity index is 557. The van der Waals surface area contributed by atoms with Crippen molar-refractivity contribution in [2.24, 2.45) is 4.52 Å². The van der Waals surface area contributed by atoms with Gasteiger partial charge in [-0.1, -0.05) is 19.1 Å². The summed E-state index contributed by atoms with van der Waals surface area (Å²) in [5.74, 6) is -0.0291. The highest BCUT2D eigenvalue weighted by Gasteiger charge is 2.18. The van der Waals surface area contributed by atoms with Crippen molar-refractivity contribution in [1.82, 2.24) is 4.91 Å². The van der Waals surface area contributed by atoms with Gasteiger partial charge in [-0.3, -0.25) is 4.79 Å². The molecule has 0 saturated heterocycles. The van der Waals surface area contributed by atoms with Crippen LogP contribution in [0.2, 0.25) is 0 Å². The van der Waals surface area contributed by atoms with Gasteiger partial charge in [-0.15, -0.1) is 0 Å². The summed E-state index contributed by atoms with van der Waals surface area (Å²) in [5, 5.41) is 0. The molecule has 7 heteroatoms. The van der Waals surface area contributed by atoms with E-state index in [1.165, 1.54) is 24.3 Å². The molecular weight excluding hydrogens is 242 g/mol. The number of ketones is 1. The summed E-state index contributed by atoms with van der Waals surface area (Å²) < 4.78 is 25.6. The van der Waals surface area contributed by atoms with E-state index >= 15 is 0 Å². The third kappa shape index (κ3) is 3.30. The quantitative estimate of drug-likeness (QED) is 0.493. The van der Waals surface area contributed by atoms with Crippen molar-refractivity contribution in [2.45, 2.75) is 24.7 Å². The minimum absolute atomic E-state index is 0.0291. The number of nitrogens with one attached hydrogen (secondary N) is 1. The molecule has 0 saturated carbocycles. The third-order valence-corrected chi connectivity index (χ3v) is 3.26. The van der Waals surface area contributed by atoms with E-state index in [1.807, 2.05) is 6.92 Å². The van der Waals surface area contributed by atoms with Gasteiger partial charge in [-0.05, 0) is 18.6 Å². The zero-order valence-electron chi connectivity index (χ0n) is 9.25. The molecule has 1 rings (SSSR count). The van der Waals surface area contributed by atoms with Crippen LogP contribution in [0.3, 0.4) is 0 Å². The van der Waals surface area contributed by atoms with E-state index in [4.69, 9.17) is 5.53 Å². The Labute approximate surface area is 98.9 Å². The van der Waals surface area contributed by atoms with Crippen LogP contribution < -0.4 is 4.91 Å². The van der Waals surface area contributed by atoms with E-state index in [0.29, 0.717) is 12.0 Å². The van der Waals surface area contributed by atoms with Gasteiger partial charge >= 0.3 is 10.0 Å². The average molecular weight is 254 g/mol. The zero-order valence-corrected chi connectivity index (χ0v) is 10.1. The van der Waals surface area contributed by atoms with Crippen molar-refractivity contribution in [3.05, 3.63) is 29.8 Å². The summed E-state index contributed by atoms with van der Waals surface area (Å²) in [7, 11) is -3.91. The van der Waals surface area contributed by atoms with Crippen LogP contribution in [0.5, 0.6) is 0 Å². The number of rotatable bonds is 5. The molecule has 0 bridgehead atoms. The summed E-state index contributed by atoms with van der Waals surface area (Å²) >= 11 is 0. The number of sulfonamides is 1. The standard InChI is InChI=1S/C10H12N3O3S/c1-2-3-10(14)8-4-6-9(7-5-8)17(15,16)13-12-11/h4-7,11H,2-3H2,1H3/q+1. The lowest BCUT2D eigenvalue weighted by Crippen LogP contribution is -2.00. The Hall–Kier alpha value is -1.85. The molecule has 0 aromatic heterocycles. The number of Topliss-reactive ketones (excluding diaryl/α,β-unsaturated/α-hetero) is 1. The molecule has 0 aliphatic heterocycles. The van der Waals surface area contributed by atoms with Gasteiger partial charge in [0.1, 0.15) is 5.53 Å². The SMILES string of the molecule is CCCC(=O)c1ccc(S(=O)(=O)N=[N+]=N)cc1. The number of benzene rings is 1. The predicted molar refractivity (Wildman–Crippen MR) is 60.1 cm³/mol. The highest BCUT2D eigenvalue weighted by molar-refractivity contribution is 7.90. The fourth-order valence-electron chi connectivity index (χ4n) is 1.29. The fraction of sp³-hybridized carbons (Fsp3) is 0.300. The van der Waals surface area contributed by atoms with Gasteiger partial charge < -0.3 is 0 Å². The fourth-order valence-corrected chi connectivity index (χ4v) is 1.97. The van der Waals surface area contributed by atoms with E-state index in [9.17, 15) is 13.2 Å². The number of carbonyl (C=O) groups excluding carboxylic acids is 1. The number of carbonyl (C=O) groups is 1. The average Bonchev–Trinajstić information content (AvgIpc) is 2.29. The molecular formula is C10H12N3O3S+. The maximum absolute atomic E-state index is 11.5. The van der Waals surface area contributed by atoms with Crippen molar-refractivity contribution in [2.75, 3.05) is 0 Å². The zero-order chi connectivity index (χ0) is 12.9. The maximum Gasteiger partial charge on any atom is 0.355 e. The molecule has 1 N–H and O–H groups in total. The third-order valence-electron chi connectivity index (χ3n) is 2.10. The van der Waals surface area contributed by atoms with Gasteiger partial charge in [-0.25, -0.2) is 0 Å². The highest BCUT2D eigenvalue weighted by Crippen LogP contribution is 2.14. The Morgan fingerprint density at radius 3 is 2.41 bits per heavy atom. The van der Waals surface area contributed by atoms with Gasteiger partial charge in [0, 0.05) is 12.0 Å². The molecule has 1 aromatic rings. The van der Waals surface area contributed by atoms with E-state index < -0.39 is 10.0 Å². The monoisotopic (exact) mass is 254 g/mol. The molecule has 0 aliphatic carbocycles. The van der Waals surface area contributed by atoms with Crippen molar-refractivity contribution in [3.63, 3.8) is 0 Å². The molecule has 0 heterocycles. The Morgan fingerprint density at radius 1 is 1.35 bits per heavy atom. The van der Waals surface area contributed by atoms with E-state index in [-0.39, 0.29) is 10.7 Å². The lowest BCUT2D eigenvalue weighted by atomic mass is 10.1. The van der Waals surface area contributed by atoms with Crippen molar-refractivity contribution in [1.29, 1.82) is 5.53 Å². The molecule has 0 fully saturated rings. The maximum atomic E-state index is 11.5.